The highest BCUT2D eigenvalue weighted by Gasteiger charge is 2.50. The van der Waals surface area contributed by atoms with E-state index in [2.05, 4.69) is 15.0 Å². The number of likely N-dealkylation sites (N-methyl/N-ethyl adjacent to an activating group) is 1. The molecule has 1 aromatic heterocycles. The quantitative estimate of drug-likeness (QED) is 0.511. The number of nitrogens with zero attached hydrogens (tertiary/aromatic N) is 4. The summed E-state index contributed by atoms with van der Waals surface area (Å²) in [4.78, 5) is 27.0. The number of hydrogen-bond donors (Lipinski definition) is 1. The average Bonchev–Trinajstić information content (AvgIpc) is 3.04. The first kappa shape index (κ1) is 23.3. The van der Waals surface area contributed by atoms with Crippen LogP contribution in [0.2, 0.25) is 0 Å². The van der Waals surface area contributed by atoms with Crippen LogP contribution in [-0.4, -0.2) is 48.0 Å². The Labute approximate surface area is 196 Å². The van der Waals surface area contributed by atoms with E-state index in [0.29, 0.717) is 23.1 Å². The number of halogens is 1. The predicted molar refractivity (Wildman–Crippen MR) is 124 cm³/mol. The number of rotatable bonds is 7. The van der Waals surface area contributed by atoms with Crippen molar-refractivity contribution in [2.45, 2.75) is 18.9 Å². The molecule has 9 nitrogen and oxygen atoms in total. The lowest BCUT2D eigenvalue weighted by Crippen LogP contribution is -2.41. The second-order valence-corrected chi connectivity index (χ2v) is 9.43. The van der Waals surface area contributed by atoms with E-state index in [1.54, 1.807) is 19.1 Å². The number of guanidine groups is 1. The van der Waals surface area contributed by atoms with Crippen molar-refractivity contribution >= 4 is 22.0 Å². The third kappa shape index (κ3) is 4.10. The highest BCUT2D eigenvalue weighted by Crippen LogP contribution is 2.42. The number of carbonyl (C=O) groups excluding carboxylic acids is 1. The van der Waals surface area contributed by atoms with Gasteiger partial charge in [0.25, 0.3) is 5.91 Å². The van der Waals surface area contributed by atoms with Gasteiger partial charge < -0.3 is 9.92 Å². The number of aliphatic imine (C=N–C) groups is 1. The van der Waals surface area contributed by atoms with Crippen molar-refractivity contribution in [2.75, 3.05) is 12.8 Å². The van der Waals surface area contributed by atoms with Gasteiger partial charge in [0, 0.05) is 30.6 Å². The molecule has 0 bridgehead atoms. The zero-order valence-electron chi connectivity index (χ0n) is 18.5. The molecular formula is C23H22FN5O4S. The molecular weight excluding hydrogens is 461 g/mol. The monoisotopic (exact) mass is 483 g/mol. The molecule has 0 aliphatic carbocycles. The van der Waals surface area contributed by atoms with Crippen LogP contribution in [0.15, 0.2) is 66.2 Å². The van der Waals surface area contributed by atoms with Crippen molar-refractivity contribution in [2.24, 2.45) is 10.7 Å². The second-order valence-electron chi connectivity index (χ2n) is 7.74. The van der Waals surface area contributed by atoms with Crippen LogP contribution in [0.5, 0.6) is 5.75 Å². The summed E-state index contributed by atoms with van der Waals surface area (Å²) in [6, 6.07) is 10.2. The number of hydrogen-bond acceptors (Lipinski definition) is 8. The Hall–Kier alpha value is -3.86. The van der Waals surface area contributed by atoms with E-state index in [0.717, 1.165) is 0 Å². The van der Waals surface area contributed by atoms with Gasteiger partial charge in [-0.1, -0.05) is 25.1 Å². The van der Waals surface area contributed by atoms with Gasteiger partial charge in [-0.2, -0.15) is 8.42 Å². The largest absolute Gasteiger partial charge is 0.382 e. The van der Waals surface area contributed by atoms with E-state index in [4.69, 9.17) is 9.92 Å². The minimum absolute atomic E-state index is 0.0280. The zero-order chi connectivity index (χ0) is 24.5. The number of nitrogens with two attached hydrogens (primary N) is 1. The van der Waals surface area contributed by atoms with E-state index < -0.39 is 27.4 Å². The SMILES string of the molecule is CCCS(=O)(=O)Oc1cccc(C2(c3ccc(F)c(-c4cncnc4)c3)N=C(N)N(C)C2=O)c1. The number of amides is 1. The fourth-order valence-corrected chi connectivity index (χ4v) is 4.79. The number of aromatic nitrogens is 2. The van der Waals surface area contributed by atoms with E-state index >= 15 is 0 Å². The fourth-order valence-electron chi connectivity index (χ4n) is 3.81. The molecule has 4 rings (SSSR count). The first-order valence-electron chi connectivity index (χ1n) is 10.4. The van der Waals surface area contributed by atoms with E-state index in [1.165, 1.54) is 61.0 Å². The van der Waals surface area contributed by atoms with Crippen LogP contribution < -0.4 is 9.92 Å². The van der Waals surface area contributed by atoms with Crippen molar-refractivity contribution in [3.05, 3.63) is 78.1 Å². The Bertz CT molecular complexity index is 1380. The van der Waals surface area contributed by atoms with E-state index in [1.807, 2.05) is 0 Å². The maximum Gasteiger partial charge on any atom is 0.309 e. The molecule has 2 N–H and O–H groups in total. The normalized spacial score (nSPS) is 18.1. The van der Waals surface area contributed by atoms with E-state index in [9.17, 15) is 17.6 Å². The summed E-state index contributed by atoms with van der Waals surface area (Å²) in [5.74, 6) is -1.19. The molecule has 0 spiro atoms. The number of benzene rings is 2. The molecule has 1 aliphatic rings. The molecule has 0 fully saturated rings. The Morgan fingerprint density at radius 1 is 1.12 bits per heavy atom. The minimum atomic E-state index is -3.81. The van der Waals surface area contributed by atoms with Gasteiger partial charge >= 0.3 is 10.1 Å². The lowest BCUT2D eigenvalue weighted by Gasteiger charge is -2.27. The molecule has 0 saturated carbocycles. The van der Waals surface area contributed by atoms with Crippen molar-refractivity contribution in [3.8, 4) is 16.9 Å². The van der Waals surface area contributed by atoms with Gasteiger partial charge in [0.1, 0.15) is 17.9 Å². The van der Waals surface area contributed by atoms with Crippen LogP contribution in [0.4, 0.5) is 4.39 Å². The van der Waals surface area contributed by atoms with Gasteiger partial charge in [-0.15, -0.1) is 0 Å². The molecule has 3 aromatic rings. The Morgan fingerprint density at radius 2 is 1.82 bits per heavy atom. The summed E-state index contributed by atoms with van der Waals surface area (Å²) in [6.45, 7) is 1.72. The summed E-state index contributed by atoms with van der Waals surface area (Å²) in [5, 5.41) is 0. The molecule has 0 saturated heterocycles. The summed E-state index contributed by atoms with van der Waals surface area (Å²) >= 11 is 0. The third-order valence-corrected chi connectivity index (χ3v) is 6.78. The zero-order valence-corrected chi connectivity index (χ0v) is 19.3. The topological polar surface area (TPSA) is 128 Å². The van der Waals surface area contributed by atoms with Gasteiger partial charge in [-0.3, -0.25) is 9.69 Å². The molecule has 2 aromatic carbocycles. The predicted octanol–water partition coefficient (Wildman–Crippen LogP) is 2.43. The highest BCUT2D eigenvalue weighted by atomic mass is 32.2. The number of carbonyl (C=O) groups is 1. The molecule has 1 unspecified atom stereocenters. The summed E-state index contributed by atoms with van der Waals surface area (Å²) in [6.07, 6.45) is 4.62. The molecule has 176 valence electrons. The summed E-state index contributed by atoms with van der Waals surface area (Å²) in [7, 11) is -2.34. The van der Waals surface area contributed by atoms with Crippen LogP contribution in [0.1, 0.15) is 24.5 Å². The highest BCUT2D eigenvalue weighted by molar-refractivity contribution is 7.87. The summed E-state index contributed by atoms with van der Waals surface area (Å²) < 4.78 is 44.3. The van der Waals surface area contributed by atoms with Crippen LogP contribution in [-0.2, 0) is 20.5 Å². The molecule has 2 heterocycles. The first-order chi connectivity index (χ1) is 16.2. The van der Waals surface area contributed by atoms with Gasteiger partial charge in [-0.05, 0) is 41.8 Å². The van der Waals surface area contributed by atoms with Gasteiger partial charge in [0.2, 0.25) is 0 Å². The van der Waals surface area contributed by atoms with Crippen LogP contribution in [0, 0.1) is 5.82 Å². The Kier molecular flexibility index (Phi) is 6.05. The Morgan fingerprint density at radius 3 is 2.47 bits per heavy atom. The maximum absolute atomic E-state index is 14.7. The second kappa shape index (κ2) is 8.82. The first-order valence-corrected chi connectivity index (χ1v) is 12.0. The van der Waals surface area contributed by atoms with Crippen molar-refractivity contribution in [3.63, 3.8) is 0 Å². The van der Waals surface area contributed by atoms with Crippen molar-refractivity contribution < 1.29 is 21.8 Å². The van der Waals surface area contributed by atoms with Crippen LogP contribution >= 0.6 is 0 Å². The lowest BCUT2D eigenvalue weighted by atomic mass is 9.81. The Balaban J connectivity index is 1.90. The molecule has 1 aliphatic heterocycles. The molecule has 1 amide bonds. The van der Waals surface area contributed by atoms with Crippen LogP contribution in [0.3, 0.4) is 0 Å². The molecule has 1 atom stereocenters. The van der Waals surface area contributed by atoms with E-state index in [-0.39, 0.29) is 23.0 Å². The van der Waals surface area contributed by atoms with Gasteiger partial charge in [0.05, 0.1) is 5.75 Å². The third-order valence-electron chi connectivity index (χ3n) is 5.42. The molecule has 0 radical (unpaired) electrons. The standard InChI is InChI=1S/C23H22FN5O4S/c1-3-9-34(31,32)33-18-6-4-5-16(10-18)23(21(30)29(2)22(25)28-23)17-7-8-20(24)19(11-17)15-12-26-14-27-13-15/h4-8,10-14H,3,9H2,1-2H3,(H2,25,28). The molecule has 11 heteroatoms. The maximum atomic E-state index is 14.7. The van der Waals surface area contributed by atoms with Crippen molar-refractivity contribution in [1.29, 1.82) is 0 Å². The summed E-state index contributed by atoms with van der Waals surface area (Å²) in [5.41, 5.74) is 5.57. The fraction of sp³-hybridized carbons (Fsp3) is 0.217. The minimum Gasteiger partial charge on any atom is -0.382 e. The molecule has 34 heavy (non-hydrogen) atoms. The lowest BCUT2D eigenvalue weighted by molar-refractivity contribution is -0.129. The smallest absolute Gasteiger partial charge is 0.309 e. The van der Waals surface area contributed by atoms with Crippen LogP contribution in [0.25, 0.3) is 11.1 Å². The van der Waals surface area contributed by atoms with Gasteiger partial charge in [-0.25, -0.2) is 19.4 Å². The van der Waals surface area contributed by atoms with Gasteiger partial charge in [0.15, 0.2) is 11.5 Å². The van der Waals surface area contributed by atoms with Crippen molar-refractivity contribution in [1.82, 2.24) is 14.9 Å². The average molecular weight is 484 g/mol.